The molecule has 1 aromatic heterocycles. The molecule has 3 N–H and O–H groups in total. The van der Waals surface area contributed by atoms with Crippen molar-refractivity contribution in [1.29, 1.82) is 0 Å². The number of carbonyl (C=O) groups is 3. The van der Waals surface area contributed by atoms with Gasteiger partial charge in [-0.05, 0) is 18.6 Å². The van der Waals surface area contributed by atoms with Crippen molar-refractivity contribution in [2.45, 2.75) is 39.2 Å². The Kier molecular flexibility index (Phi) is 6.17. The molecule has 0 fully saturated rings. The summed E-state index contributed by atoms with van der Waals surface area (Å²) in [6.07, 6.45) is 2.01. The Morgan fingerprint density at radius 2 is 2.05 bits per heavy atom. The standard InChI is InChI=1S/C13H18N2O4S/c1-3-4-5-9(13(18)19)15-12(17)10-6-7-11(20-10)14-8(2)16/h6-7,9H,3-5H2,1-2H3,(H,14,16)(H,15,17)(H,18,19)/t9-/m0/s1. The molecule has 1 rings (SSSR count). The van der Waals surface area contributed by atoms with E-state index in [1.807, 2.05) is 6.92 Å². The van der Waals surface area contributed by atoms with Crippen LogP contribution in [0.15, 0.2) is 12.1 Å². The molecule has 0 aromatic carbocycles. The third-order valence-corrected chi connectivity index (χ3v) is 3.58. The molecule has 0 aliphatic heterocycles. The van der Waals surface area contributed by atoms with Crippen LogP contribution in [0.4, 0.5) is 5.00 Å². The molecular weight excluding hydrogens is 280 g/mol. The predicted octanol–water partition coefficient (Wildman–Crippen LogP) is 2.08. The number of carboxylic acid groups (broad SMARTS) is 1. The molecule has 0 radical (unpaired) electrons. The molecule has 0 saturated heterocycles. The maximum Gasteiger partial charge on any atom is 0.326 e. The lowest BCUT2D eigenvalue weighted by Crippen LogP contribution is -2.40. The fourth-order valence-corrected chi connectivity index (χ4v) is 2.45. The van der Waals surface area contributed by atoms with E-state index >= 15 is 0 Å². The summed E-state index contributed by atoms with van der Waals surface area (Å²) in [7, 11) is 0. The lowest BCUT2D eigenvalue weighted by Gasteiger charge is -2.13. The van der Waals surface area contributed by atoms with Gasteiger partial charge in [0.25, 0.3) is 5.91 Å². The number of amides is 2. The summed E-state index contributed by atoms with van der Waals surface area (Å²) in [6.45, 7) is 3.34. The van der Waals surface area contributed by atoms with Gasteiger partial charge in [-0.15, -0.1) is 11.3 Å². The van der Waals surface area contributed by atoms with Gasteiger partial charge >= 0.3 is 5.97 Å². The number of carbonyl (C=O) groups excluding carboxylic acids is 2. The summed E-state index contributed by atoms with van der Waals surface area (Å²) in [5.41, 5.74) is 0. The van der Waals surface area contributed by atoms with Crippen LogP contribution in [0.25, 0.3) is 0 Å². The van der Waals surface area contributed by atoms with Crippen molar-refractivity contribution in [3.63, 3.8) is 0 Å². The van der Waals surface area contributed by atoms with Crippen molar-refractivity contribution in [2.24, 2.45) is 0 Å². The molecule has 0 saturated carbocycles. The Bertz CT molecular complexity index is 498. The fourth-order valence-electron chi connectivity index (χ4n) is 1.60. The van der Waals surface area contributed by atoms with Crippen molar-refractivity contribution in [3.05, 3.63) is 17.0 Å². The number of hydrogen-bond acceptors (Lipinski definition) is 4. The van der Waals surface area contributed by atoms with Gasteiger partial charge in [-0.1, -0.05) is 19.8 Å². The van der Waals surface area contributed by atoms with Gasteiger partial charge in [0.15, 0.2) is 0 Å². The predicted molar refractivity (Wildman–Crippen MR) is 77.0 cm³/mol. The zero-order valence-electron chi connectivity index (χ0n) is 11.4. The molecule has 1 atom stereocenters. The van der Waals surface area contributed by atoms with E-state index < -0.39 is 17.9 Å². The molecule has 1 heterocycles. The summed E-state index contributed by atoms with van der Waals surface area (Å²) in [5, 5.41) is 14.7. The van der Waals surface area contributed by atoms with E-state index in [0.717, 1.165) is 24.2 Å². The second kappa shape index (κ2) is 7.64. The highest BCUT2D eigenvalue weighted by atomic mass is 32.1. The van der Waals surface area contributed by atoms with E-state index in [-0.39, 0.29) is 5.91 Å². The fraction of sp³-hybridized carbons (Fsp3) is 0.462. The quantitative estimate of drug-likeness (QED) is 0.718. The Morgan fingerprint density at radius 3 is 2.60 bits per heavy atom. The van der Waals surface area contributed by atoms with Gasteiger partial charge in [-0.2, -0.15) is 0 Å². The Morgan fingerprint density at radius 1 is 1.35 bits per heavy atom. The molecule has 6 nitrogen and oxygen atoms in total. The van der Waals surface area contributed by atoms with Crippen LogP contribution < -0.4 is 10.6 Å². The van der Waals surface area contributed by atoms with Crippen molar-refractivity contribution in [2.75, 3.05) is 5.32 Å². The first kappa shape index (κ1) is 16.2. The Balaban J connectivity index is 2.66. The maximum absolute atomic E-state index is 11.9. The molecule has 110 valence electrons. The molecule has 20 heavy (non-hydrogen) atoms. The monoisotopic (exact) mass is 298 g/mol. The number of unbranched alkanes of at least 4 members (excludes halogenated alkanes) is 1. The number of carboxylic acids is 1. The number of anilines is 1. The largest absolute Gasteiger partial charge is 0.480 e. The Hall–Kier alpha value is -1.89. The van der Waals surface area contributed by atoms with Gasteiger partial charge < -0.3 is 15.7 Å². The van der Waals surface area contributed by atoms with Crippen LogP contribution in [-0.4, -0.2) is 28.9 Å². The second-order valence-electron chi connectivity index (χ2n) is 4.35. The average Bonchev–Trinajstić information content (AvgIpc) is 2.81. The molecule has 2 amide bonds. The zero-order chi connectivity index (χ0) is 15.1. The molecule has 0 spiro atoms. The molecule has 1 aromatic rings. The minimum atomic E-state index is -1.04. The van der Waals surface area contributed by atoms with Gasteiger partial charge in [-0.3, -0.25) is 9.59 Å². The first-order valence-electron chi connectivity index (χ1n) is 6.35. The van der Waals surface area contributed by atoms with Crippen LogP contribution in [0.3, 0.4) is 0 Å². The molecule has 0 aliphatic carbocycles. The summed E-state index contributed by atoms with van der Waals surface area (Å²) in [4.78, 5) is 34.3. The smallest absolute Gasteiger partial charge is 0.326 e. The highest BCUT2D eigenvalue weighted by molar-refractivity contribution is 7.18. The van der Waals surface area contributed by atoms with E-state index in [0.29, 0.717) is 16.3 Å². The average molecular weight is 298 g/mol. The van der Waals surface area contributed by atoms with Crippen LogP contribution in [0.1, 0.15) is 42.8 Å². The first-order valence-corrected chi connectivity index (χ1v) is 7.16. The third kappa shape index (κ3) is 5.00. The molecule has 0 aliphatic rings. The number of hydrogen-bond donors (Lipinski definition) is 3. The van der Waals surface area contributed by atoms with Crippen LogP contribution in [-0.2, 0) is 9.59 Å². The number of aliphatic carboxylic acids is 1. The summed E-state index contributed by atoms with van der Waals surface area (Å²) in [5.74, 6) is -1.69. The molecular formula is C13H18N2O4S. The van der Waals surface area contributed by atoms with Gasteiger partial charge in [0.05, 0.1) is 9.88 Å². The third-order valence-electron chi connectivity index (χ3n) is 2.58. The maximum atomic E-state index is 11.9. The van der Waals surface area contributed by atoms with Crippen LogP contribution >= 0.6 is 11.3 Å². The van der Waals surface area contributed by atoms with Gasteiger partial charge in [0, 0.05) is 6.92 Å². The normalized spacial score (nSPS) is 11.7. The number of rotatable bonds is 7. The van der Waals surface area contributed by atoms with Crippen molar-refractivity contribution >= 4 is 34.1 Å². The van der Waals surface area contributed by atoms with E-state index in [1.54, 1.807) is 12.1 Å². The van der Waals surface area contributed by atoms with Crippen molar-refractivity contribution in [1.82, 2.24) is 5.32 Å². The van der Waals surface area contributed by atoms with E-state index in [4.69, 9.17) is 5.11 Å². The Labute approximate surface area is 121 Å². The SMILES string of the molecule is CCCC[C@H](NC(=O)c1ccc(NC(C)=O)s1)C(=O)O. The van der Waals surface area contributed by atoms with Gasteiger partial charge in [0.2, 0.25) is 5.91 Å². The summed E-state index contributed by atoms with van der Waals surface area (Å²) < 4.78 is 0. The van der Waals surface area contributed by atoms with Gasteiger partial charge in [0.1, 0.15) is 6.04 Å². The number of nitrogens with one attached hydrogen (secondary N) is 2. The molecule has 7 heteroatoms. The van der Waals surface area contributed by atoms with Crippen molar-refractivity contribution < 1.29 is 19.5 Å². The second-order valence-corrected chi connectivity index (χ2v) is 5.44. The minimum Gasteiger partial charge on any atom is -0.480 e. The topological polar surface area (TPSA) is 95.5 Å². The lowest BCUT2D eigenvalue weighted by molar-refractivity contribution is -0.139. The summed E-state index contributed by atoms with van der Waals surface area (Å²) in [6, 6.07) is 2.29. The lowest BCUT2D eigenvalue weighted by atomic mass is 10.1. The number of thiophene rings is 1. The van der Waals surface area contributed by atoms with E-state index in [9.17, 15) is 14.4 Å². The molecule has 0 bridgehead atoms. The minimum absolute atomic E-state index is 0.217. The van der Waals surface area contributed by atoms with Crippen LogP contribution in [0.5, 0.6) is 0 Å². The van der Waals surface area contributed by atoms with Gasteiger partial charge in [-0.25, -0.2) is 4.79 Å². The highest BCUT2D eigenvalue weighted by Gasteiger charge is 2.20. The van der Waals surface area contributed by atoms with Crippen LogP contribution in [0, 0.1) is 0 Å². The molecule has 0 unspecified atom stereocenters. The van der Waals surface area contributed by atoms with E-state index in [1.165, 1.54) is 6.92 Å². The van der Waals surface area contributed by atoms with Crippen LogP contribution in [0.2, 0.25) is 0 Å². The first-order chi connectivity index (χ1) is 9.43. The highest BCUT2D eigenvalue weighted by Crippen LogP contribution is 2.21. The van der Waals surface area contributed by atoms with Crippen molar-refractivity contribution in [3.8, 4) is 0 Å². The van der Waals surface area contributed by atoms with E-state index in [2.05, 4.69) is 10.6 Å². The zero-order valence-corrected chi connectivity index (χ0v) is 12.3. The summed E-state index contributed by atoms with van der Waals surface area (Å²) >= 11 is 1.11.